The molecule has 1 saturated heterocycles. The molecule has 0 radical (unpaired) electrons. The molecule has 1 N–H and O–H groups in total. The summed E-state index contributed by atoms with van der Waals surface area (Å²) in [5.74, 6) is -0.214. The highest BCUT2D eigenvalue weighted by atomic mass is 16.6. The lowest BCUT2D eigenvalue weighted by Gasteiger charge is -2.30. The topological polar surface area (TPSA) is 146 Å². The number of benzene rings is 2. The van der Waals surface area contributed by atoms with Gasteiger partial charge < -0.3 is 15.0 Å². The minimum absolute atomic E-state index is 0.0695. The fourth-order valence-electron chi connectivity index (χ4n) is 3.58. The number of nitrogens with one attached hydrogen (secondary N) is 1. The largest absolute Gasteiger partial charge is 0.378 e. The smallest absolute Gasteiger partial charge is 0.270 e. The maximum atomic E-state index is 13.3. The highest BCUT2D eigenvalue weighted by Crippen LogP contribution is 2.28. The summed E-state index contributed by atoms with van der Waals surface area (Å²) < 4.78 is 6.81. The third-order valence-electron chi connectivity index (χ3n) is 5.17. The van der Waals surface area contributed by atoms with E-state index in [1.54, 1.807) is 19.1 Å². The molecule has 1 fully saturated rings. The van der Waals surface area contributed by atoms with Gasteiger partial charge in [-0.25, -0.2) is 4.68 Å². The van der Waals surface area contributed by atoms with Gasteiger partial charge in [-0.3, -0.25) is 25.0 Å². The minimum atomic E-state index is -0.550. The van der Waals surface area contributed by atoms with Crippen LogP contribution in [0, 0.1) is 27.2 Å². The number of rotatable bonds is 6. The van der Waals surface area contributed by atoms with Gasteiger partial charge in [-0.05, 0) is 25.1 Å². The first kappa shape index (κ1) is 21.9. The van der Waals surface area contributed by atoms with Crippen molar-refractivity contribution < 1.29 is 19.4 Å². The van der Waals surface area contributed by atoms with Crippen LogP contribution in [0.2, 0.25) is 0 Å². The second kappa shape index (κ2) is 9.04. The van der Waals surface area contributed by atoms with Crippen LogP contribution in [-0.2, 0) is 4.74 Å². The third-order valence-corrected chi connectivity index (χ3v) is 5.17. The van der Waals surface area contributed by atoms with Crippen LogP contribution in [0.4, 0.5) is 22.9 Å². The van der Waals surface area contributed by atoms with E-state index in [-0.39, 0.29) is 16.9 Å². The van der Waals surface area contributed by atoms with Crippen molar-refractivity contribution in [3.05, 3.63) is 80.0 Å². The SMILES string of the molecule is Cc1cc(NC(=O)c2cc([N+](=O)[O-])ccc2N2CCOCC2)n(-c2ccc([N+](=O)[O-])cc2)n1. The van der Waals surface area contributed by atoms with Crippen LogP contribution in [0.3, 0.4) is 0 Å². The van der Waals surface area contributed by atoms with Crippen LogP contribution >= 0.6 is 0 Å². The number of ether oxygens (including phenoxy) is 1. The molecule has 12 heteroatoms. The Morgan fingerprint density at radius 2 is 1.64 bits per heavy atom. The molecule has 3 aromatic rings. The van der Waals surface area contributed by atoms with Gasteiger partial charge in [0, 0.05) is 43.4 Å². The molecule has 1 aromatic heterocycles. The van der Waals surface area contributed by atoms with Gasteiger partial charge in [0.05, 0.1) is 45.7 Å². The number of anilines is 2. The molecule has 0 aliphatic carbocycles. The van der Waals surface area contributed by atoms with Crippen molar-refractivity contribution in [1.82, 2.24) is 9.78 Å². The van der Waals surface area contributed by atoms with Crippen LogP contribution in [0.5, 0.6) is 0 Å². The lowest BCUT2D eigenvalue weighted by Crippen LogP contribution is -2.37. The van der Waals surface area contributed by atoms with Crippen molar-refractivity contribution >= 4 is 28.8 Å². The molecule has 170 valence electrons. The van der Waals surface area contributed by atoms with Crippen LogP contribution in [0.1, 0.15) is 16.1 Å². The summed E-state index contributed by atoms with van der Waals surface area (Å²) in [6, 6.07) is 11.6. The van der Waals surface area contributed by atoms with Crippen LogP contribution in [0.15, 0.2) is 48.5 Å². The predicted molar refractivity (Wildman–Crippen MR) is 119 cm³/mol. The van der Waals surface area contributed by atoms with E-state index in [0.29, 0.717) is 49.2 Å². The second-order valence-corrected chi connectivity index (χ2v) is 7.37. The summed E-state index contributed by atoms with van der Waals surface area (Å²) in [6.45, 7) is 3.83. The quantitative estimate of drug-likeness (QED) is 0.443. The molecule has 0 saturated carbocycles. The number of nitro benzene ring substituents is 2. The summed E-state index contributed by atoms with van der Waals surface area (Å²) in [7, 11) is 0. The van der Waals surface area contributed by atoms with Crippen molar-refractivity contribution in [2.45, 2.75) is 6.92 Å². The molecule has 12 nitrogen and oxygen atoms in total. The lowest BCUT2D eigenvalue weighted by molar-refractivity contribution is -0.385. The summed E-state index contributed by atoms with van der Waals surface area (Å²) in [5.41, 5.74) is 1.57. The number of carbonyl (C=O) groups excluding carboxylic acids is 1. The number of aryl methyl sites for hydroxylation is 1. The van der Waals surface area contributed by atoms with E-state index in [4.69, 9.17) is 4.74 Å². The van der Waals surface area contributed by atoms with Gasteiger partial charge in [0.25, 0.3) is 17.3 Å². The number of non-ortho nitro benzene ring substituents is 2. The van der Waals surface area contributed by atoms with Crippen molar-refractivity contribution in [2.75, 3.05) is 36.5 Å². The predicted octanol–water partition coefficient (Wildman–Crippen LogP) is 3.09. The van der Waals surface area contributed by atoms with Crippen molar-refractivity contribution in [3.8, 4) is 5.69 Å². The molecule has 2 heterocycles. The van der Waals surface area contributed by atoms with E-state index >= 15 is 0 Å². The van der Waals surface area contributed by atoms with Crippen molar-refractivity contribution in [1.29, 1.82) is 0 Å². The average Bonchev–Trinajstić information content (AvgIpc) is 3.19. The van der Waals surface area contributed by atoms with Gasteiger partial charge in [-0.2, -0.15) is 5.10 Å². The third kappa shape index (κ3) is 4.65. The number of hydrogen-bond acceptors (Lipinski definition) is 8. The number of nitro groups is 2. The van der Waals surface area contributed by atoms with Crippen LogP contribution < -0.4 is 10.2 Å². The normalized spacial score (nSPS) is 13.5. The maximum absolute atomic E-state index is 13.3. The molecule has 2 aromatic carbocycles. The standard InChI is InChI=1S/C21H20N6O6/c1-14-12-20(25(23-14)15-2-4-16(5-3-15)26(29)30)22-21(28)18-13-17(27(31)32)6-7-19(18)24-8-10-33-11-9-24/h2-7,12-13H,8-11H2,1H3,(H,22,28). The molecule has 0 atom stereocenters. The Labute approximate surface area is 187 Å². The van der Waals surface area contributed by atoms with Gasteiger partial charge in [0.2, 0.25) is 0 Å². The number of hydrogen-bond donors (Lipinski definition) is 1. The van der Waals surface area contributed by atoms with Crippen LogP contribution in [-0.4, -0.2) is 51.8 Å². The first-order chi connectivity index (χ1) is 15.8. The lowest BCUT2D eigenvalue weighted by atomic mass is 10.1. The van der Waals surface area contributed by atoms with Crippen LogP contribution in [0.25, 0.3) is 5.69 Å². The Bertz CT molecular complexity index is 1220. The fraction of sp³-hybridized carbons (Fsp3) is 0.238. The van der Waals surface area contributed by atoms with Gasteiger partial charge in [0.15, 0.2) is 0 Å². The Morgan fingerprint density at radius 1 is 1.00 bits per heavy atom. The summed E-state index contributed by atoms with van der Waals surface area (Å²) >= 11 is 0. The number of morpholine rings is 1. The fourth-order valence-corrected chi connectivity index (χ4v) is 3.58. The first-order valence-electron chi connectivity index (χ1n) is 10.1. The Morgan fingerprint density at radius 3 is 2.27 bits per heavy atom. The Balaban J connectivity index is 1.68. The van der Waals surface area contributed by atoms with E-state index in [2.05, 4.69) is 10.4 Å². The van der Waals surface area contributed by atoms with Crippen molar-refractivity contribution in [3.63, 3.8) is 0 Å². The molecule has 0 unspecified atom stereocenters. The molecule has 1 amide bonds. The van der Waals surface area contributed by atoms with E-state index in [9.17, 15) is 25.0 Å². The molecule has 0 spiro atoms. The van der Waals surface area contributed by atoms with Gasteiger partial charge in [-0.1, -0.05) is 0 Å². The van der Waals surface area contributed by atoms with Gasteiger partial charge in [0.1, 0.15) is 5.82 Å². The zero-order chi connectivity index (χ0) is 23.5. The number of aromatic nitrogens is 2. The van der Waals surface area contributed by atoms with Gasteiger partial charge in [-0.15, -0.1) is 0 Å². The monoisotopic (exact) mass is 452 g/mol. The molecule has 1 aliphatic rings. The molecule has 4 rings (SSSR count). The molecule has 33 heavy (non-hydrogen) atoms. The summed E-state index contributed by atoms with van der Waals surface area (Å²) in [5, 5.41) is 29.4. The highest BCUT2D eigenvalue weighted by Gasteiger charge is 2.23. The molecular weight excluding hydrogens is 432 g/mol. The van der Waals surface area contributed by atoms with E-state index in [1.165, 1.54) is 41.1 Å². The van der Waals surface area contributed by atoms with E-state index in [0.717, 1.165) is 0 Å². The number of carbonyl (C=O) groups is 1. The summed E-state index contributed by atoms with van der Waals surface area (Å²) in [6.07, 6.45) is 0. The average molecular weight is 452 g/mol. The zero-order valence-corrected chi connectivity index (χ0v) is 17.6. The second-order valence-electron chi connectivity index (χ2n) is 7.37. The van der Waals surface area contributed by atoms with E-state index in [1.807, 2.05) is 4.90 Å². The van der Waals surface area contributed by atoms with Gasteiger partial charge >= 0.3 is 0 Å². The number of amides is 1. The molecule has 1 aliphatic heterocycles. The number of nitrogens with zero attached hydrogens (tertiary/aromatic N) is 5. The Kier molecular flexibility index (Phi) is 6.00. The zero-order valence-electron chi connectivity index (χ0n) is 17.6. The summed E-state index contributed by atoms with van der Waals surface area (Å²) in [4.78, 5) is 36.4. The Hall–Kier alpha value is -4.32. The van der Waals surface area contributed by atoms with Crippen molar-refractivity contribution in [2.24, 2.45) is 0 Å². The molecular formula is C21H20N6O6. The first-order valence-corrected chi connectivity index (χ1v) is 10.1. The molecule has 0 bridgehead atoms. The maximum Gasteiger partial charge on any atom is 0.270 e. The highest BCUT2D eigenvalue weighted by molar-refractivity contribution is 6.08. The van der Waals surface area contributed by atoms with E-state index < -0.39 is 15.8 Å². The minimum Gasteiger partial charge on any atom is -0.378 e.